The van der Waals surface area contributed by atoms with Crippen LogP contribution in [-0.2, 0) is 9.47 Å². The van der Waals surface area contributed by atoms with Crippen molar-refractivity contribution in [2.75, 3.05) is 7.11 Å². The van der Waals surface area contributed by atoms with E-state index >= 15 is 0 Å². The van der Waals surface area contributed by atoms with Gasteiger partial charge in [-0.2, -0.15) is 0 Å². The number of aliphatic hydroxyl groups excluding tert-OH is 1. The van der Waals surface area contributed by atoms with E-state index in [4.69, 9.17) is 9.47 Å². The second kappa shape index (κ2) is 7.25. The summed E-state index contributed by atoms with van der Waals surface area (Å²) >= 11 is 0. The molecule has 34 heavy (non-hydrogen) atoms. The molecule has 1 saturated heterocycles. The van der Waals surface area contributed by atoms with Crippen LogP contribution in [0.3, 0.4) is 0 Å². The third-order valence-electron chi connectivity index (χ3n) is 14.0. The Labute approximate surface area is 209 Å². The summed E-state index contributed by atoms with van der Waals surface area (Å²) in [6, 6.07) is 0. The number of methoxy groups -OCH3 is 1. The molecule has 3 heteroatoms. The normalized spacial score (nSPS) is 58.2. The minimum atomic E-state index is -0.114. The Morgan fingerprint density at radius 3 is 2.26 bits per heavy atom. The molecule has 2 spiro atoms. The Kier molecular flexibility index (Phi) is 5.17. The van der Waals surface area contributed by atoms with E-state index < -0.39 is 0 Å². The molecule has 0 radical (unpaired) electrons. The van der Waals surface area contributed by atoms with Crippen LogP contribution in [0.1, 0.15) is 106 Å². The van der Waals surface area contributed by atoms with Crippen LogP contribution in [0, 0.1) is 56.7 Å². The third kappa shape index (κ3) is 2.66. The van der Waals surface area contributed by atoms with Crippen molar-refractivity contribution in [3.05, 3.63) is 0 Å². The zero-order chi connectivity index (χ0) is 24.5. The van der Waals surface area contributed by atoms with E-state index in [0.717, 1.165) is 18.8 Å². The zero-order valence-electron chi connectivity index (χ0n) is 23.3. The highest BCUT2D eigenvalue weighted by molar-refractivity contribution is 5.31. The smallest absolute Gasteiger partial charge is 0.0855 e. The summed E-state index contributed by atoms with van der Waals surface area (Å²) in [6.07, 6.45) is 12.4. The van der Waals surface area contributed by atoms with Crippen LogP contribution in [0.2, 0.25) is 0 Å². The molecule has 10 unspecified atom stereocenters. The predicted molar refractivity (Wildman–Crippen MR) is 136 cm³/mol. The third-order valence-corrected chi connectivity index (χ3v) is 14.0. The van der Waals surface area contributed by atoms with Crippen molar-refractivity contribution < 1.29 is 14.6 Å². The van der Waals surface area contributed by atoms with Crippen LogP contribution in [-0.4, -0.2) is 36.6 Å². The lowest BCUT2D eigenvalue weighted by molar-refractivity contribution is -0.179. The number of hydrogen-bond donors (Lipinski definition) is 1. The van der Waals surface area contributed by atoms with Gasteiger partial charge in [0.2, 0.25) is 0 Å². The van der Waals surface area contributed by atoms with Gasteiger partial charge in [0.1, 0.15) is 0 Å². The second-order valence-electron chi connectivity index (χ2n) is 15.5. The fourth-order valence-electron chi connectivity index (χ4n) is 12.4. The van der Waals surface area contributed by atoms with Crippen molar-refractivity contribution in [3.8, 4) is 0 Å². The maximum Gasteiger partial charge on any atom is 0.0855 e. The van der Waals surface area contributed by atoms with Gasteiger partial charge >= 0.3 is 0 Å². The predicted octanol–water partition coefficient (Wildman–Crippen LogP) is 6.86. The molecule has 0 aromatic heterocycles. The Hall–Kier alpha value is -0.120. The van der Waals surface area contributed by atoms with E-state index in [1.807, 2.05) is 7.11 Å². The molecule has 0 amide bonds. The van der Waals surface area contributed by atoms with Gasteiger partial charge in [-0.3, -0.25) is 0 Å². The van der Waals surface area contributed by atoms with Gasteiger partial charge in [-0.15, -0.1) is 0 Å². The van der Waals surface area contributed by atoms with Gasteiger partial charge in [-0.05, 0) is 114 Å². The molecule has 6 aliphatic rings. The molecular weight excluding hydrogens is 420 g/mol. The lowest BCUT2D eigenvalue weighted by Gasteiger charge is -2.63. The molecule has 6 fully saturated rings. The molecule has 5 aliphatic carbocycles. The lowest BCUT2D eigenvalue weighted by atomic mass is 9.41. The first-order valence-electron chi connectivity index (χ1n) is 14.7. The number of aliphatic hydroxyl groups is 1. The number of fused-ring (bicyclic) bond motifs is 4. The largest absolute Gasteiger partial charge is 0.393 e. The molecule has 1 aliphatic heterocycles. The quantitative estimate of drug-likeness (QED) is 0.487. The van der Waals surface area contributed by atoms with Crippen LogP contribution >= 0.6 is 0 Å². The van der Waals surface area contributed by atoms with E-state index in [1.54, 1.807) is 0 Å². The van der Waals surface area contributed by atoms with Crippen molar-refractivity contribution in [3.63, 3.8) is 0 Å². The number of hydrogen-bond acceptors (Lipinski definition) is 3. The van der Waals surface area contributed by atoms with Crippen LogP contribution in [0.15, 0.2) is 0 Å². The summed E-state index contributed by atoms with van der Waals surface area (Å²) in [7, 11) is 1.87. The first kappa shape index (κ1) is 24.2. The Morgan fingerprint density at radius 2 is 1.59 bits per heavy atom. The summed E-state index contributed by atoms with van der Waals surface area (Å²) in [5.74, 6) is 3.43. The molecule has 6 rings (SSSR count). The molecule has 0 bridgehead atoms. The topological polar surface area (TPSA) is 38.7 Å². The number of ether oxygens (including phenoxy) is 2. The molecular formula is C31H52O3. The minimum Gasteiger partial charge on any atom is -0.393 e. The monoisotopic (exact) mass is 472 g/mol. The molecule has 0 aromatic rings. The summed E-state index contributed by atoms with van der Waals surface area (Å²) in [4.78, 5) is 0. The average molecular weight is 473 g/mol. The summed E-state index contributed by atoms with van der Waals surface area (Å²) < 4.78 is 13.0. The van der Waals surface area contributed by atoms with Gasteiger partial charge in [0.25, 0.3) is 0 Å². The summed E-state index contributed by atoms with van der Waals surface area (Å²) in [6.45, 7) is 17.2. The van der Waals surface area contributed by atoms with Crippen LogP contribution in [0.25, 0.3) is 0 Å². The standard InChI is InChI=1S/C31H52O3/c1-18(2)26(33-8)20-15-19(3)25-21(34-20)16-29(7)23-10-9-22-27(4,5)24(32)11-12-30(22)17-31(23,30)14-13-28(25,29)6/h18-26,32H,9-17H2,1-8H3/t19-,20?,21?,22?,23?,24?,25?,26?,28?,29+,30?,31?/m1/s1. The fourth-order valence-corrected chi connectivity index (χ4v) is 12.4. The molecule has 0 aromatic carbocycles. The molecule has 12 atom stereocenters. The van der Waals surface area contributed by atoms with Crippen LogP contribution in [0.5, 0.6) is 0 Å². The van der Waals surface area contributed by atoms with Crippen molar-refractivity contribution in [1.82, 2.24) is 0 Å². The highest BCUT2D eigenvalue weighted by Crippen LogP contribution is 2.89. The molecule has 1 N–H and O–H groups in total. The molecule has 3 nitrogen and oxygen atoms in total. The van der Waals surface area contributed by atoms with Gasteiger partial charge in [0, 0.05) is 7.11 Å². The van der Waals surface area contributed by atoms with Crippen molar-refractivity contribution in [1.29, 1.82) is 0 Å². The van der Waals surface area contributed by atoms with Crippen molar-refractivity contribution in [2.24, 2.45) is 56.7 Å². The molecule has 1 heterocycles. The summed E-state index contributed by atoms with van der Waals surface area (Å²) in [5, 5.41) is 10.9. The minimum absolute atomic E-state index is 0.0783. The Morgan fingerprint density at radius 1 is 0.912 bits per heavy atom. The Bertz CT molecular complexity index is 837. The second-order valence-corrected chi connectivity index (χ2v) is 15.5. The van der Waals surface area contributed by atoms with Gasteiger partial charge in [0.15, 0.2) is 0 Å². The highest BCUT2D eigenvalue weighted by atomic mass is 16.5. The van der Waals surface area contributed by atoms with E-state index in [-0.39, 0.29) is 23.7 Å². The van der Waals surface area contributed by atoms with E-state index in [0.29, 0.717) is 51.4 Å². The van der Waals surface area contributed by atoms with Crippen LogP contribution < -0.4 is 0 Å². The zero-order valence-corrected chi connectivity index (χ0v) is 23.3. The van der Waals surface area contributed by atoms with Crippen molar-refractivity contribution in [2.45, 2.75) is 131 Å². The van der Waals surface area contributed by atoms with E-state index in [2.05, 4.69) is 48.5 Å². The van der Waals surface area contributed by atoms with Gasteiger partial charge in [-0.1, -0.05) is 48.5 Å². The van der Waals surface area contributed by atoms with Gasteiger partial charge in [-0.25, -0.2) is 0 Å². The Balaban J connectivity index is 1.32. The maximum atomic E-state index is 10.9. The first-order chi connectivity index (χ1) is 15.9. The first-order valence-corrected chi connectivity index (χ1v) is 14.7. The summed E-state index contributed by atoms with van der Waals surface area (Å²) in [5.41, 5.74) is 1.90. The van der Waals surface area contributed by atoms with Crippen LogP contribution in [0.4, 0.5) is 0 Å². The average Bonchev–Trinajstić information content (AvgIpc) is 3.35. The van der Waals surface area contributed by atoms with E-state index in [1.165, 1.54) is 44.9 Å². The van der Waals surface area contributed by atoms with Crippen molar-refractivity contribution >= 4 is 0 Å². The molecule has 5 saturated carbocycles. The van der Waals surface area contributed by atoms with Gasteiger partial charge < -0.3 is 14.6 Å². The lowest BCUT2D eigenvalue weighted by Crippen LogP contribution is -2.58. The van der Waals surface area contributed by atoms with Gasteiger partial charge in [0.05, 0.1) is 24.4 Å². The fraction of sp³-hybridized carbons (Fsp3) is 1.00. The maximum absolute atomic E-state index is 10.9. The van der Waals surface area contributed by atoms with E-state index in [9.17, 15) is 5.11 Å². The number of rotatable bonds is 3. The molecule has 194 valence electrons. The SMILES string of the molecule is COC(C(C)C)C1C[C@@H](C)C2C(C[C@@]3(C)C4CCC5C(C)(C)C(O)CCC56CC46CCC23C)O1. The highest BCUT2D eigenvalue weighted by Gasteiger charge is 2.83.